The molecule has 0 amide bonds. The topological polar surface area (TPSA) is 47.3 Å². The minimum absolute atomic E-state index is 0.783. The summed E-state index contributed by atoms with van der Waals surface area (Å²) in [6, 6.07) is 13.7. The molecule has 1 aliphatic rings. The maximum atomic E-state index is 6.28. The fourth-order valence-electron chi connectivity index (χ4n) is 2.06. The van der Waals surface area contributed by atoms with Crippen LogP contribution in [0.2, 0.25) is 0 Å². The summed E-state index contributed by atoms with van der Waals surface area (Å²) < 4.78 is 6.84. The van der Waals surface area contributed by atoms with Crippen molar-refractivity contribution in [2.75, 3.05) is 5.32 Å². The highest BCUT2D eigenvalue weighted by Crippen LogP contribution is 2.39. The van der Waals surface area contributed by atoms with Crippen LogP contribution in [0.4, 0.5) is 5.69 Å². The number of ether oxygens (including phenoxy) is 1. The fraction of sp³-hybridized carbons (Fsp3) is 0.143. The molecule has 4 heteroatoms. The van der Waals surface area contributed by atoms with Crippen LogP contribution in [-0.2, 0) is 5.85 Å². The third kappa shape index (κ3) is 1.87. The first-order valence-corrected chi connectivity index (χ1v) is 6.49. The number of nitrogens with one attached hydrogen (secondary N) is 1. The lowest BCUT2D eigenvalue weighted by Crippen LogP contribution is -2.46. The minimum Gasteiger partial charge on any atom is -0.448 e. The van der Waals surface area contributed by atoms with Crippen LogP contribution in [0.5, 0.6) is 5.75 Å². The molecule has 0 spiro atoms. The van der Waals surface area contributed by atoms with Crippen LogP contribution in [0.25, 0.3) is 0 Å². The smallest absolute Gasteiger partial charge is 0.263 e. The van der Waals surface area contributed by atoms with Gasteiger partial charge in [-0.25, -0.2) is 0 Å². The summed E-state index contributed by atoms with van der Waals surface area (Å²) in [5, 5.41) is 3.23. The molecule has 0 saturated carbocycles. The number of fused-ring (bicyclic) bond motifs is 1. The maximum absolute atomic E-state index is 6.28. The Morgan fingerprint density at radius 1 is 1.17 bits per heavy atom. The average Bonchev–Trinajstić information content (AvgIpc) is 2.66. The Kier molecular flexibility index (Phi) is 2.57. The third-order valence-electron chi connectivity index (χ3n) is 3.00. The molecule has 0 aliphatic carbocycles. The Balaban J connectivity index is 1.98. The van der Waals surface area contributed by atoms with Crippen molar-refractivity contribution in [2.24, 2.45) is 5.73 Å². The highest BCUT2D eigenvalue weighted by molar-refractivity contribution is 9.10. The summed E-state index contributed by atoms with van der Waals surface area (Å²) >= 11 is 3.41. The Morgan fingerprint density at radius 3 is 2.61 bits per heavy atom. The van der Waals surface area contributed by atoms with Gasteiger partial charge in [0.25, 0.3) is 5.85 Å². The lowest BCUT2D eigenvalue weighted by molar-refractivity contribution is 0.126. The van der Waals surface area contributed by atoms with E-state index in [0.717, 1.165) is 21.5 Å². The van der Waals surface area contributed by atoms with Crippen LogP contribution in [-0.4, -0.2) is 0 Å². The van der Waals surface area contributed by atoms with E-state index in [-0.39, 0.29) is 0 Å². The molecule has 3 N–H and O–H groups in total. The number of benzene rings is 2. The van der Waals surface area contributed by atoms with E-state index in [1.54, 1.807) is 0 Å². The second-order valence-corrected chi connectivity index (χ2v) is 5.38. The molecular formula is C14H13BrN2O. The van der Waals surface area contributed by atoms with Gasteiger partial charge in [0.2, 0.25) is 0 Å². The van der Waals surface area contributed by atoms with Crippen molar-refractivity contribution < 1.29 is 4.74 Å². The highest BCUT2D eigenvalue weighted by atomic mass is 79.9. The SMILES string of the molecule is Cc1ccc2c(c1)NC(N)(c1ccc(Br)cc1)O2. The van der Waals surface area contributed by atoms with Gasteiger partial charge in [0.15, 0.2) is 0 Å². The summed E-state index contributed by atoms with van der Waals surface area (Å²) in [6.45, 7) is 2.04. The predicted molar refractivity (Wildman–Crippen MR) is 75.4 cm³/mol. The van der Waals surface area contributed by atoms with E-state index in [0.29, 0.717) is 0 Å². The minimum atomic E-state index is -0.989. The Morgan fingerprint density at radius 2 is 1.89 bits per heavy atom. The van der Waals surface area contributed by atoms with E-state index in [9.17, 15) is 0 Å². The zero-order chi connectivity index (χ0) is 12.8. The quantitative estimate of drug-likeness (QED) is 0.849. The van der Waals surface area contributed by atoms with E-state index in [1.165, 1.54) is 5.56 Å². The van der Waals surface area contributed by atoms with E-state index in [1.807, 2.05) is 49.4 Å². The normalized spacial score (nSPS) is 21.1. The largest absolute Gasteiger partial charge is 0.448 e. The molecule has 0 saturated heterocycles. The number of hydrogen-bond acceptors (Lipinski definition) is 3. The van der Waals surface area contributed by atoms with Gasteiger partial charge in [0.05, 0.1) is 5.69 Å². The van der Waals surface area contributed by atoms with Crippen LogP contribution in [0.1, 0.15) is 11.1 Å². The van der Waals surface area contributed by atoms with Crippen LogP contribution < -0.4 is 15.8 Å². The van der Waals surface area contributed by atoms with Crippen molar-refractivity contribution in [2.45, 2.75) is 12.8 Å². The van der Waals surface area contributed by atoms with Gasteiger partial charge in [0.1, 0.15) is 5.75 Å². The average molecular weight is 305 g/mol. The number of halogens is 1. The first-order valence-electron chi connectivity index (χ1n) is 5.70. The zero-order valence-electron chi connectivity index (χ0n) is 9.91. The molecular weight excluding hydrogens is 292 g/mol. The molecule has 1 atom stereocenters. The molecule has 18 heavy (non-hydrogen) atoms. The van der Waals surface area contributed by atoms with Crippen molar-refractivity contribution in [1.29, 1.82) is 0 Å². The van der Waals surface area contributed by atoms with E-state index in [2.05, 4.69) is 21.2 Å². The van der Waals surface area contributed by atoms with Crippen LogP contribution >= 0.6 is 15.9 Å². The molecule has 3 nitrogen and oxygen atoms in total. The second kappa shape index (κ2) is 4.00. The standard InChI is InChI=1S/C14H13BrN2O/c1-9-2-7-13-12(8-9)17-14(16,18-13)10-3-5-11(15)6-4-10/h2-8,17H,16H2,1H3. The van der Waals surface area contributed by atoms with Crippen molar-refractivity contribution in [3.63, 3.8) is 0 Å². The summed E-state index contributed by atoms with van der Waals surface area (Å²) in [7, 11) is 0. The first kappa shape index (κ1) is 11.6. The highest BCUT2D eigenvalue weighted by Gasteiger charge is 2.36. The molecule has 2 aromatic carbocycles. The third-order valence-corrected chi connectivity index (χ3v) is 3.53. The summed E-state index contributed by atoms with van der Waals surface area (Å²) in [5.74, 6) is -0.206. The van der Waals surface area contributed by atoms with Gasteiger partial charge in [-0.05, 0) is 36.8 Å². The number of rotatable bonds is 1. The Bertz CT molecular complexity index is 597. The molecule has 0 radical (unpaired) electrons. The van der Waals surface area contributed by atoms with E-state index >= 15 is 0 Å². The van der Waals surface area contributed by atoms with Gasteiger partial charge in [-0.1, -0.05) is 34.1 Å². The molecule has 1 aliphatic heterocycles. The van der Waals surface area contributed by atoms with Gasteiger partial charge in [0, 0.05) is 10.0 Å². The Hall–Kier alpha value is -1.52. The second-order valence-electron chi connectivity index (χ2n) is 4.47. The van der Waals surface area contributed by atoms with Gasteiger partial charge in [-0.2, -0.15) is 0 Å². The molecule has 0 bridgehead atoms. The maximum Gasteiger partial charge on any atom is 0.263 e. The first-order chi connectivity index (χ1) is 8.57. The van der Waals surface area contributed by atoms with Crippen LogP contribution in [0, 0.1) is 6.92 Å². The van der Waals surface area contributed by atoms with Gasteiger partial charge in [-0.15, -0.1) is 0 Å². The Labute approximate surface area is 114 Å². The number of hydrogen-bond donors (Lipinski definition) is 2. The molecule has 92 valence electrons. The molecule has 2 aromatic rings. The molecule has 0 fully saturated rings. The van der Waals surface area contributed by atoms with Gasteiger partial charge in [-0.3, -0.25) is 5.73 Å². The summed E-state index contributed by atoms with van der Waals surface area (Å²) in [5.41, 5.74) is 9.27. The number of aryl methyl sites for hydroxylation is 1. The zero-order valence-corrected chi connectivity index (χ0v) is 11.5. The molecule has 1 unspecified atom stereocenters. The number of anilines is 1. The van der Waals surface area contributed by atoms with Crippen molar-refractivity contribution in [1.82, 2.24) is 0 Å². The van der Waals surface area contributed by atoms with E-state index in [4.69, 9.17) is 10.5 Å². The molecule has 1 heterocycles. The lowest BCUT2D eigenvalue weighted by atomic mass is 10.1. The number of nitrogens with two attached hydrogens (primary N) is 1. The van der Waals surface area contributed by atoms with Crippen molar-refractivity contribution >= 4 is 21.6 Å². The monoisotopic (exact) mass is 304 g/mol. The fourth-order valence-corrected chi connectivity index (χ4v) is 2.32. The summed E-state index contributed by atoms with van der Waals surface area (Å²) in [4.78, 5) is 0. The van der Waals surface area contributed by atoms with Gasteiger partial charge < -0.3 is 10.1 Å². The van der Waals surface area contributed by atoms with E-state index < -0.39 is 5.85 Å². The molecule has 0 aromatic heterocycles. The van der Waals surface area contributed by atoms with Crippen LogP contribution in [0.15, 0.2) is 46.9 Å². The van der Waals surface area contributed by atoms with Crippen molar-refractivity contribution in [3.8, 4) is 5.75 Å². The molecule has 3 rings (SSSR count). The van der Waals surface area contributed by atoms with Crippen LogP contribution in [0.3, 0.4) is 0 Å². The van der Waals surface area contributed by atoms with Crippen molar-refractivity contribution in [3.05, 3.63) is 58.1 Å². The summed E-state index contributed by atoms with van der Waals surface area (Å²) in [6.07, 6.45) is 0. The van der Waals surface area contributed by atoms with Gasteiger partial charge >= 0.3 is 0 Å². The lowest BCUT2D eigenvalue weighted by Gasteiger charge is -2.24. The predicted octanol–water partition coefficient (Wildman–Crippen LogP) is 3.33.